The summed E-state index contributed by atoms with van der Waals surface area (Å²) in [7, 11) is 1.66. The van der Waals surface area contributed by atoms with Gasteiger partial charge in [-0.05, 0) is 57.0 Å². The van der Waals surface area contributed by atoms with Crippen LogP contribution in [0.3, 0.4) is 0 Å². The summed E-state index contributed by atoms with van der Waals surface area (Å²) in [5, 5.41) is 5.91. The molecular formula is C19H25N3O3. The van der Waals surface area contributed by atoms with E-state index in [1.165, 1.54) is 5.56 Å². The highest BCUT2D eigenvalue weighted by atomic mass is 16.6. The smallest absolute Gasteiger partial charge is 0.412 e. The van der Waals surface area contributed by atoms with Crippen LogP contribution in [0.1, 0.15) is 26.3 Å². The monoisotopic (exact) mass is 343 g/mol. The second kappa shape index (κ2) is 8.37. The van der Waals surface area contributed by atoms with Gasteiger partial charge in [-0.25, -0.2) is 9.78 Å². The summed E-state index contributed by atoms with van der Waals surface area (Å²) in [4.78, 5) is 16.0. The Kier molecular flexibility index (Phi) is 6.22. The molecule has 6 heteroatoms. The molecule has 134 valence electrons. The van der Waals surface area contributed by atoms with Crippen LogP contribution in [0.25, 0.3) is 0 Å². The van der Waals surface area contributed by atoms with Gasteiger partial charge in [0.15, 0.2) is 0 Å². The standard InChI is InChI=1S/C19H25N3O3/c1-19(2,3)25-18(23)22-15-8-9-17(21-13-15)20-11-10-14-6-5-7-16(12-14)24-4/h5-9,12-13H,10-11H2,1-4H3,(H,20,21)(H,22,23). The van der Waals surface area contributed by atoms with Crippen molar-refractivity contribution in [1.29, 1.82) is 0 Å². The van der Waals surface area contributed by atoms with E-state index < -0.39 is 11.7 Å². The van der Waals surface area contributed by atoms with Crippen LogP contribution in [-0.2, 0) is 11.2 Å². The number of hydrogen-bond acceptors (Lipinski definition) is 5. The second-order valence-corrected chi connectivity index (χ2v) is 6.59. The zero-order valence-corrected chi connectivity index (χ0v) is 15.1. The topological polar surface area (TPSA) is 72.5 Å². The molecule has 0 aliphatic rings. The molecule has 0 aliphatic carbocycles. The molecule has 25 heavy (non-hydrogen) atoms. The zero-order valence-electron chi connectivity index (χ0n) is 15.1. The number of nitrogens with zero attached hydrogens (tertiary/aromatic N) is 1. The molecule has 0 spiro atoms. The van der Waals surface area contributed by atoms with Gasteiger partial charge in [0.1, 0.15) is 17.2 Å². The van der Waals surface area contributed by atoms with Gasteiger partial charge in [-0.15, -0.1) is 0 Å². The van der Waals surface area contributed by atoms with Crippen LogP contribution in [0.4, 0.5) is 16.3 Å². The fourth-order valence-corrected chi connectivity index (χ4v) is 2.16. The maximum Gasteiger partial charge on any atom is 0.412 e. The largest absolute Gasteiger partial charge is 0.497 e. The highest BCUT2D eigenvalue weighted by Crippen LogP contribution is 2.15. The maximum atomic E-state index is 11.7. The predicted octanol–water partition coefficient (Wildman–Crippen LogP) is 4.09. The van der Waals surface area contributed by atoms with E-state index >= 15 is 0 Å². The zero-order chi connectivity index (χ0) is 18.3. The van der Waals surface area contributed by atoms with Crippen molar-refractivity contribution in [1.82, 2.24) is 4.98 Å². The number of aromatic nitrogens is 1. The maximum absolute atomic E-state index is 11.7. The molecule has 1 heterocycles. The van der Waals surface area contributed by atoms with Crippen molar-refractivity contribution < 1.29 is 14.3 Å². The molecule has 0 saturated heterocycles. The molecule has 1 aromatic carbocycles. The number of ether oxygens (including phenoxy) is 2. The van der Waals surface area contributed by atoms with Crippen molar-refractivity contribution >= 4 is 17.6 Å². The molecule has 0 radical (unpaired) electrons. The van der Waals surface area contributed by atoms with Gasteiger partial charge in [0.05, 0.1) is 19.0 Å². The predicted molar refractivity (Wildman–Crippen MR) is 99.3 cm³/mol. The lowest BCUT2D eigenvalue weighted by atomic mass is 10.1. The first-order chi connectivity index (χ1) is 11.9. The van der Waals surface area contributed by atoms with Gasteiger partial charge in [-0.2, -0.15) is 0 Å². The lowest BCUT2D eigenvalue weighted by molar-refractivity contribution is 0.0636. The average molecular weight is 343 g/mol. The Morgan fingerprint density at radius 1 is 1.20 bits per heavy atom. The summed E-state index contributed by atoms with van der Waals surface area (Å²) in [6.07, 6.45) is 1.96. The van der Waals surface area contributed by atoms with Crippen LogP contribution < -0.4 is 15.4 Å². The van der Waals surface area contributed by atoms with Crippen LogP contribution in [0.5, 0.6) is 5.75 Å². The first-order valence-electron chi connectivity index (χ1n) is 8.18. The van der Waals surface area contributed by atoms with E-state index in [1.807, 2.05) is 45.0 Å². The summed E-state index contributed by atoms with van der Waals surface area (Å²) < 4.78 is 10.4. The lowest BCUT2D eigenvalue weighted by Crippen LogP contribution is -2.27. The Bertz CT molecular complexity index is 694. The fourth-order valence-electron chi connectivity index (χ4n) is 2.16. The van der Waals surface area contributed by atoms with Crippen LogP contribution >= 0.6 is 0 Å². The molecule has 1 aromatic heterocycles. The quantitative estimate of drug-likeness (QED) is 0.826. The molecule has 0 bridgehead atoms. The Labute approximate surface area is 148 Å². The minimum Gasteiger partial charge on any atom is -0.497 e. The Balaban J connectivity index is 1.81. The Morgan fingerprint density at radius 3 is 2.64 bits per heavy atom. The number of anilines is 2. The summed E-state index contributed by atoms with van der Waals surface area (Å²) in [6, 6.07) is 11.6. The highest BCUT2D eigenvalue weighted by molar-refractivity contribution is 5.84. The van der Waals surface area contributed by atoms with Gasteiger partial charge in [0, 0.05) is 6.54 Å². The van der Waals surface area contributed by atoms with E-state index in [-0.39, 0.29) is 0 Å². The number of methoxy groups -OCH3 is 1. The summed E-state index contributed by atoms with van der Waals surface area (Å²) in [5.41, 5.74) is 1.25. The first-order valence-corrected chi connectivity index (χ1v) is 8.18. The van der Waals surface area contributed by atoms with Crippen LogP contribution in [0, 0.1) is 0 Å². The minimum absolute atomic E-state index is 0.493. The van der Waals surface area contributed by atoms with Crippen LogP contribution in [-0.4, -0.2) is 30.3 Å². The molecule has 0 atom stereocenters. The highest BCUT2D eigenvalue weighted by Gasteiger charge is 2.16. The number of carbonyl (C=O) groups is 1. The van der Waals surface area contributed by atoms with E-state index in [0.29, 0.717) is 5.69 Å². The Morgan fingerprint density at radius 2 is 2.00 bits per heavy atom. The molecular weight excluding hydrogens is 318 g/mol. The van der Waals surface area contributed by atoms with Crippen molar-refractivity contribution in [3.8, 4) is 5.75 Å². The molecule has 0 fully saturated rings. The third kappa shape index (κ3) is 6.71. The van der Waals surface area contributed by atoms with E-state index in [2.05, 4.69) is 21.7 Å². The molecule has 2 N–H and O–H groups in total. The first kappa shape index (κ1) is 18.6. The van der Waals surface area contributed by atoms with Crippen LogP contribution in [0.2, 0.25) is 0 Å². The van der Waals surface area contributed by atoms with Gasteiger partial charge in [-0.1, -0.05) is 12.1 Å². The second-order valence-electron chi connectivity index (χ2n) is 6.59. The molecule has 2 aromatic rings. The van der Waals surface area contributed by atoms with Crippen molar-refractivity contribution in [3.05, 3.63) is 48.2 Å². The summed E-state index contributed by atoms with van der Waals surface area (Å²) in [6.45, 7) is 6.21. The number of hydrogen-bond donors (Lipinski definition) is 2. The molecule has 0 unspecified atom stereocenters. The van der Waals surface area contributed by atoms with Gasteiger partial charge in [-0.3, -0.25) is 5.32 Å². The SMILES string of the molecule is COc1cccc(CCNc2ccc(NC(=O)OC(C)(C)C)cn2)c1. The average Bonchev–Trinajstić information content (AvgIpc) is 2.55. The van der Waals surface area contributed by atoms with Crippen molar-refractivity contribution in [3.63, 3.8) is 0 Å². The van der Waals surface area contributed by atoms with E-state index in [4.69, 9.17) is 9.47 Å². The van der Waals surface area contributed by atoms with Gasteiger partial charge >= 0.3 is 6.09 Å². The molecule has 1 amide bonds. The van der Waals surface area contributed by atoms with Gasteiger partial charge < -0.3 is 14.8 Å². The van der Waals surface area contributed by atoms with Gasteiger partial charge in [0.2, 0.25) is 0 Å². The molecule has 0 saturated carbocycles. The fraction of sp³-hybridized carbons (Fsp3) is 0.368. The van der Waals surface area contributed by atoms with E-state index in [1.54, 1.807) is 19.4 Å². The number of rotatable bonds is 6. The van der Waals surface area contributed by atoms with Crippen LogP contribution in [0.15, 0.2) is 42.6 Å². The number of carbonyl (C=O) groups excluding carboxylic acids is 1. The number of nitrogens with one attached hydrogen (secondary N) is 2. The molecule has 0 aliphatic heterocycles. The van der Waals surface area contributed by atoms with E-state index in [9.17, 15) is 4.79 Å². The minimum atomic E-state index is -0.529. The molecule has 6 nitrogen and oxygen atoms in total. The third-order valence-corrected chi connectivity index (χ3v) is 3.26. The molecule has 2 rings (SSSR count). The summed E-state index contributed by atoms with van der Waals surface area (Å²) in [5.74, 6) is 1.60. The van der Waals surface area contributed by atoms with Crippen molar-refractivity contribution in [2.24, 2.45) is 0 Å². The Hall–Kier alpha value is -2.76. The third-order valence-electron chi connectivity index (χ3n) is 3.26. The summed E-state index contributed by atoms with van der Waals surface area (Å²) >= 11 is 0. The number of amides is 1. The normalized spacial score (nSPS) is 10.9. The number of pyridine rings is 1. The lowest BCUT2D eigenvalue weighted by Gasteiger charge is -2.19. The van der Waals surface area contributed by atoms with Crippen molar-refractivity contribution in [2.75, 3.05) is 24.3 Å². The van der Waals surface area contributed by atoms with E-state index in [0.717, 1.165) is 24.5 Å². The van der Waals surface area contributed by atoms with Gasteiger partial charge in [0.25, 0.3) is 0 Å². The number of benzene rings is 1. The van der Waals surface area contributed by atoms with Crippen molar-refractivity contribution in [2.45, 2.75) is 32.8 Å².